The summed E-state index contributed by atoms with van der Waals surface area (Å²) in [5, 5.41) is 0. The summed E-state index contributed by atoms with van der Waals surface area (Å²) in [6.07, 6.45) is 8.83. The van der Waals surface area contributed by atoms with Gasteiger partial charge in [-0.1, -0.05) is 17.7 Å². The summed E-state index contributed by atoms with van der Waals surface area (Å²) >= 11 is 0. The molecule has 0 N–H and O–H groups in total. The number of carbonyl (C=O) groups excluding carboxylic acids is 1. The van der Waals surface area contributed by atoms with Crippen LogP contribution in [0.15, 0.2) is 36.1 Å². The molecule has 0 aliphatic rings. The van der Waals surface area contributed by atoms with E-state index in [9.17, 15) is 9.70 Å². The SMILES string of the molecule is C=C(/C=C\C(=C/C)CCCCC(C)=O)[N+](=O)OC. The highest BCUT2D eigenvalue weighted by molar-refractivity contribution is 5.75. The van der Waals surface area contributed by atoms with Crippen molar-refractivity contribution in [3.8, 4) is 0 Å². The molecule has 0 atom stereocenters. The lowest BCUT2D eigenvalue weighted by Gasteiger charge is -2.00. The number of carbonyl (C=O) groups is 1. The lowest BCUT2D eigenvalue weighted by atomic mass is 10.1. The smallest absolute Gasteiger partial charge is 0.300 e. The zero-order valence-electron chi connectivity index (χ0n) is 11.4. The molecule has 0 radical (unpaired) electrons. The first-order chi connectivity index (χ1) is 8.51. The van der Waals surface area contributed by atoms with E-state index in [1.165, 1.54) is 7.11 Å². The van der Waals surface area contributed by atoms with Gasteiger partial charge in [-0.2, -0.15) is 0 Å². The Morgan fingerprint density at radius 3 is 2.39 bits per heavy atom. The molecule has 4 nitrogen and oxygen atoms in total. The van der Waals surface area contributed by atoms with Gasteiger partial charge in [0.2, 0.25) is 0 Å². The van der Waals surface area contributed by atoms with Crippen LogP contribution in [0.25, 0.3) is 0 Å². The van der Waals surface area contributed by atoms with E-state index in [2.05, 4.69) is 11.4 Å². The standard InChI is InChI=1S/C14H22NO3/c1-5-14(9-7-6-8-13(3)16)11-10-12(2)15(17)18-4/h5,10-11H,2,6-9H2,1,3-4H3/q+1/b11-10-,14-5-. The van der Waals surface area contributed by atoms with Gasteiger partial charge in [0.15, 0.2) is 7.11 Å². The first kappa shape index (κ1) is 16.3. The van der Waals surface area contributed by atoms with Crippen molar-refractivity contribution in [2.75, 3.05) is 7.11 Å². The zero-order chi connectivity index (χ0) is 14.0. The second kappa shape index (κ2) is 9.33. The van der Waals surface area contributed by atoms with Gasteiger partial charge in [-0.15, -0.1) is 0 Å². The molecule has 0 aliphatic carbocycles. The maximum absolute atomic E-state index is 11.0. The van der Waals surface area contributed by atoms with Crippen molar-refractivity contribution in [2.45, 2.75) is 39.5 Å². The molecular formula is C14H22NO3+. The predicted molar refractivity (Wildman–Crippen MR) is 71.8 cm³/mol. The molecule has 0 amide bonds. The number of rotatable bonds is 9. The molecule has 0 aromatic heterocycles. The van der Waals surface area contributed by atoms with E-state index >= 15 is 0 Å². The first-order valence-electron chi connectivity index (χ1n) is 6.04. The third-order valence-corrected chi connectivity index (χ3v) is 2.51. The van der Waals surface area contributed by atoms with Gasteiger partial charge in [-0.25, -0.2) is 4.84 Å². The van der Waals surface area contributed by atoms with Crippen molar-refractivity contribution in [3.63, 3.8) is 0 Å². The van der Waals surface area contributed by atoms with Crippen molar-refractivity contribution in [1.82, 2.24) is 0 Å². The van der Waals surface area contributed by atoms with Crippen LogP contribution in [-0.2, 0) is 9.63 Å². The van der Waals surface area contributed by atoms with Crippen molar-refractivity contribution < 1.29 is 14.6 Å². The molecule has 0 saturated heterocycles. The van der Waals surface area contributed by atoms with Gasteiger partial charge in [0.1, 0.15) is 5.78 Å². The molecule has 0 saturated carbocycles. The predicted octanol–water partition coefficient (Wildman–Crippen LogP) is 3.49. The molecule has 100 valence electrons. The van der Waals surface area contributed by atoms with Gasteiger partial charge in [0.05, 0.1) is 4.91 Å². The molecule has 0 aromatic rings. The summed E-state index contributed by atoms with van der Waals surface area (Å²) in [7, 11) is 1.30. The van der Waals surface area contributed by atoms with Crippen LogP contribution in [0.4, 0.5) is 0 Å². The van der Waals surface area contributed by atoms with E-state index in [-0.39, 0.29) is 11.5 Å². The Kier molecular flexibility index (Phi) is 8.45. The van der Waals surface area contributed by atoms with Crippen LogP contribution in [0.1, 0.15) is 39.5 Å². The summed E-state index contributed by atoms with van der Waals surface area (Å²) in [5.74, 6) is 0.225. The quantitative estimate of drug-likeness (QED) is 0.358. The van der Waals surface area contributed by atoms with Gasteiger partial charge in [0, 0.05) is 12.5 Å². The highest BCUT2D eigenvalue weighted by atomic mass is 16.8. The largest absolute Gasteiger partial charge is 0.309 e. The molecule has 0 heterocycles. The van der Waals surface area contributed by atoms with E-state index in [4.69, 9.17) is 0 Å². The van der Waals surface area contributed by atoms with Gasteiger partial charge >= 0.3 is 5.70 Å². The molecule has 18 heavy (non-hydrogen) atoms. The second-order valence-corrected chi connectivity index (χ2v) is 4.04. The number of ketones is 1. The Morgan fingerprint density at radius 2 is 1.89 bits per heavy atom. The summed E-state index contributed by atoms with van der Waals surface area (Å²) in [6, 6.07) is 0. The lowest BCUT2D eigenvalue weighted by Crippen LogP contribution is -2.02. The van der Waals surface area contributed by atoms with Crippen LogP contribution in [0.5, 0.6) is 0 Å². The fraction of sp³-hybridized carbons (Fsp3) is 0.500. The lowest BCUT2D eigenvalue weighted by molar-refractivity contribution is -0.758. The molecule has 4 heteroatoms. The number of unbranched alkanes of at least 4 members (excludes halogenated alkanes) is 1. The molecule has 0 unspecified atom stereocenters. The Bertz CT molecular complexity index is 367. The molecular weight excluding hydrogens is 230 g/mol. The third-order valence-electron chi connectivity index (χ3n) is 2.51. The van der Waals surface area contributed by atoms with E-state index < -0.39 is 0 Å². The molecule has 0 spiro atoms. The minimum atomic E-state index is 0.225. The Labute approximate surface area is 109 Å². The van der Waals surface area contributed by atoms with E-state index in [1.54, 1.807) is 13.0 Å². The Balaban J connectivity index is 4.12. The summed E-state index contributed by atoms with van der Waals surface area (Å²) in [6.45, 7) is 7.13. The van der Waals surface area contributed by atoms with Crippen molar-refractivity contribution >= 4 is 5.78 Å². The summed E-state index contributed by atoms with van der Waals surface area (Å²) in [5.41, 5.74) is 1.37. The Hall–Kier alpha value is -1.71. The maximum Gasteiger partial charge on any atom is 0.309 e. The number of Topliss-reactive ketones (excluding diaryl/α,β-unsaturated/α-hetero) is 1. The van der Waals surface area contributed by atoms with Crippen LogP contribution < -0.4 is 0 Å². The minimum absolute atomic E-state index is 0.225. The fourth-order valence-electron chi connectivity index (χ4n) is 1.41. The average molecular weight is 252 g/mol. The monoisotopic (exact) mass is 252 g/mol. The highest BCUT2D eigenvalue weighted by Crippen LogP contribution is 2.11. The maximum atomic E-state index is 11.0. The normalized spacial score (nSPS) is 11.6. The molecule has 0 fully saturated rings. The second-order valence-electron chi connectivity index (χ2n) is 4.04. The van der Waals surface area contributed by atoms with E-state index in [1.807, 2.05) is 19.1 Å². The zero-order valence-corrected chi connectivity index (χ0v) is 11.4. The average Bonchev–Trinajstić information content (AvgIpc) is 2.36. The molecule has 0 aliphatic heterocycles. The van der Waals surface area contributed by atoms with Crippen LogP contribution in [0.2, 0.25) is 0 Å². The number of hydrogen-bond donors (Lipinski definition) is 0. The minimum Gasteiger partial charge on any atom is -0.300 e. The van der Waals surface area contributed by atoms with Gasteiger partial charge < -0.3 is 4.79 Å². The molecule has 0 aromatic carbocycles. The van der Waals surface area contributed by atoms with E-state index in [0.717, 1.165) is 24.8 Å². The van der Waals surface area contributed by atoms with E-state index in [0.29, 0.717) is 11.3 Å². The topological polar surface area (TPSA) is 46.4 Å². The van der Waals surface area contributed by atoms with Crippen molar-refractivity contribution in [1.29, 1.82) is 0 Å². The van der Waals surface area contributed by atoms with Crippen LogP contribution >= 0.6 is 0 Å². The van der Waals surface area contributed by atoms with Crippen LogP contribution in [-0.4, -0.2) is 17.8 Å². The van der Waals surface area contributed by atoms with Gasteiger partial charge in [-0.3, -0.25) is 0 Å². The van der Waals surface area contributed by atoms with Crippen LogP contribution in [0, 0.1) is 4.91 Å². The third kappa shape index (κ3) is 7.54. The van der Waals surface area contributed by atoms with Crippen molar-refractivity contribution in [3.05, 3.63) is 41.0 Å². The van der Waals surface area contributed by atoms with Gasteiger partial charge in [-0.05, 0) is 39.7 Å². The number of hydrogen-bond acceptors (Lipinski definition) is 3. The Morgan fingerprint density at radius 1 is 1.28 bits per heavy atom. The molecule has 0 bridgehead atoms. The first-order valence-corrected chi connectivity index (χ1v) is 6.04. The van der Waals surface area contributed by atoms with Crippen LogP contribution in [0.3, 0.4) is 0 Å². The fourth-order valence-corrected chi connectivity index (χ4v) is 1.41. The molecule has 0 rings (SSSR count). The summed E-state index contributed by atoms with van der Waals surface area (Å²) < 4.78 is 0. The number of nitrogens with zero attached hydrogens (tertiary/aromatic N) is 1. The highest BCUT2D eigenvalue weighted by Gasteiger charge is 2.10. The number of allylic oxidation sites excluding steroid dienone is 4. The van der Waals surface area contributed by atoms with Crippen molar-refractivity contribution in [2.24, 2.45) is 0 Å². The van der Waals surface area contributed by atoms with Gasteiger partial charge in [0.25, 0.3) is 4.92 Å². The summed E-state index contributed by atoms with van der Waals surface area (Å²) in [4.78, 5) is 26.7.